The summed E-state index contributed by atoms with van der Waals surface area (Å²) in [6.07, 6.45) is 4.37. The predicted octanol–water partition coefficient (Wildman–Crippen LogP) is -0.933. The molecule has 2 heterocycles. The van der Waals surface area contributed by atoms with E-state index in [9.17, 15) is 9.90 Å². The molecule has 3 rings (SSSR count). The lowest BCUT2D eigenvalue weighted by molar-refractivity contribution is 0.0637. The van der Waals surface area contributed by atoms with Crippen molar-refractivity contribution >= 4 is 5.91 Å². The molecule has 1 aromatic rings. The van der Waals surface area contributed by atoms with Crippen molar-refractivity contribution in [2.45, 2.75) is 30.8 Å². The van der Waals surface area contributed by atoms with Crippen LogP contribution in [-0.2, 0) is 0 Å². The molecule has 2 fully saturated rings. The molecule has 98 valence electrons. The largest absolute Gasteiger partial charge is 0.394 e. The van der Waals surface area contributed by atoms with Gasteiger partial charge in [0.15, 0.2) is 5.69 Å². The first-order valence-corrected chi connectivity index (χ1v) is 6.28. The van der Waals surface area contributed by atoms with Gasteiger partial charge in [0, 0.05) is 13.1 Å². The molecule has 0 spiro atoms. The van der Waals surface area contributed by atoms with Gasteiger partial charge < -0.3 is 15.7 Å². The molecule has 1 aromatic heterocycles. The first-order chi connectivity index (χ1) is 8.72. The van der Waals surface area contributed by atoms with Crippen LogP contribution >= 0.6 is 0 Å². The highest BCUT2D eigenvalue weighted by Crippen LogP contribution is 2.31. The zero-order valence-corrected chi connectivity index (χ0v) is 10.1. The van der Waals surface area contributed by atoms with E-state index in [1.165, 1.54) is 0 Å². The lowest BCUT2D eigenvalue weighted by atomic mass is 9.77. The molecular weight excluding hydrogens is 234 g/mol. The number of nitrogens with zero attached hydrogens (tertiary/aromatic N) is 3. The van der Waals surface area contributed by atoms with Crippen molar-refractivity contribution < 1.29 is 9.90 Å². The van der Waals surface area contributed by atoms with Crippen LogP contribution in [0.2, 0.25) is 0 Å². The number of aromatic nitrogens is 3. The summed E-state index contributed by atoms with van der Waals surface area (Å²) in [5, 5.41) is 23.2. The van der Waals surface area contributed by atoms with Crippen LogP contribution < -0.4 is 10.6 Å². The Hall–Kier alpha value is -1.47. The molecule has 7 nitrogen and oxygen atoms in total. The second-order valence-corrected chi connectivity index (χ2v) is 5.14. The number of rotatable bonds is 4. The standard InChI is InChI=1S/C11H17N5O2/c17-7-11(2-1-3-11)13-10(18)9-6-16(15-14-9)8-4-12-5-8/h6,8,12,17H,1-5,7H2,(H,13,18). The van der Waals surface area contributed by atoms with Gasteiger partial charge in [-0.15, -0.1) is 5.10 Å². The van der Waals surface area contributed by atoms with Crippen molar-refractivity contribution in [1.82, 2.24) is 25.6 Å². The molecule has 1 saturated heterocycles. The van der Waals surface area contributed by atoms with E-state index in [0.29, 0.717) is 11.7 Å². The number of hydrogen-bond donors (Lipinski definition) is 3. The van der Waals surface area contributed by atoms with Crippen molar-refractivity contribution in [3.05, 3.63) is 11.9 Å². The number of nitrogens with one attached hydrogen (secondary N) is 2. The van der Waals surface area contributed by atoms with Crippen LogP contribution in [0, 0.1) is 0 Å². The van der Waals surface area contributed by atoms with Crippen LogP contribution in [0.15, 0.2) is 6.20 Å². The van der Waals surface area contributed by atoms with Crippen LogP contribution in [0.1, 0.15) is 35.8 Å². The third-order valence-electron chi connectivity index (χ3n) is 3.87. The van der Waals surface area contributed by atoms with Crippen molar-refractivity contribution in [3.8, 4) is 0 Å². The van der Waals surface area contributed by atoms with Crippen molar-refractivity contribution in [2.24, 2.45) is 0 Å². The molecule has 1 saturated carbocycles. The summed E-state index contributed by atoms with van der Waals surface area (Å²) in [6, 6.07) is 0.301. The molecule has 1 amide bonds. The Morgan fingerprint density at radius 3 is 2.89 bits per heavy atom. The fourth-order valence-electron chi connectivity index (χ4n) is 2.25. The minimum absolute atomic E-state index is 0.0145. The SMILES string of the molecule is O=C(NC1(CO)CCC1)c1cn(C2CNC2)nn1. The third-order valence-corrected chi connectivity index (χ3v) is 3.87. The average Bonchev–Trinajstić information content (AvgIpc) is 2.70. The molecular formula is C11H17N5O2. The molecule has 1 aliphatic carbocycles. The van der Waals surface area contributed by atoms with Gasteiger partial charge in [0.25, 0.3) is 5.91 Å². The van der Waals surface area contributed by atoms with Crippen molar-refractivity contribution in [1.29, 1.82) is 0 Å². The highest BCUT2D eigenvalue weighted by molar-refractivity contribution is 5.92. The summed E-state index contributed by atoms with van der Waals surface area (Å²) in [5.74, 6) is -0.248. The highest BCUT2D eigenvalue weighted by atomic mass is 16.3. The zero-order valence-electron chi connectivity index (χ0n) is 10.1. The van der Waals surface area contributed by atoms with E-state index in [4.69, 9.17) is 0 Å². The summed E-state index contributed by atoms with van der Waals surface area (Å²) >= 11 is 0. The average molecular weight is 251 g/mol. The topological polar surface area (TPSA) is 92.1 Å². The monoisotopic (exact) mass is 251 g/mol. The maximum Gasteiger partial charge on any atom is 0.273 e. The number of aliphatic hydroxyl groups excluding tert-OH is 1. The normalized spacial score (nSPS) is 22.1. The Morgan fingerprint density at radius 2 is 2.39 bits per heavy atom. The summed E-state index contributed by atoms with van der Waals surface area (Å²) in [5.41, 5.74) is -0.111. The van der Waals surface area contributed by atoms with E-state index >= 15 is 0 Å². The fourth-order valence-corrected chi connectivity index (χ4v) is 2.25. The highest BCUT2D eigenvalue weighted by Gasteiger charge is 2.38. The second kappa shape index (κ2) is 4.33. The van der Waals surface area contributed by atoms with Gasteiger partial charge in [-0.3, -0.25) is 4.79 Å². The van der Waals surface area contributed by atoms with E-state index in [0.717, 1.165) is 32.4 Å². The summed E-state index contributed by atoms with van der Waals surface area (Å²) in [6.45, 7) is 1.72. The molecule has 0 radical (unpaired) electrons. The number of aliphatic hydroxyl groups is 1. The Morgan fingerprint density at radius 1 is 1.61 bits per heavy atom. The maximum atomic E-state index is 12.0. The van der Waals surface area contributed by atoms with E-state index in [1.807, 2.05) is 0 Å². The Bertz CT molecular complexity index is 445. The zero-order chi connectivity index (χ0) is 12.6. The van der Waals surface area contributed by atoms with Gasteiger partial charge in [-0.05, 0) is 19.3 Å². The van der Waals surface area contributed by atoms with Crippen LogP contribution in [0.25, 0.3) is 0 Å². The van der Waals surface area contributed by atoms with Gasteiger partial charge in [-0.25, -0.2) is 4.68 Å². The Balaban J connectivity index is 1.66. The summed E-state index contributed by atoms with van der Waals surface area (Å²) < 4.78 is 1.72. The lowest BCUT2D eigenvalue weighted by Crippen LogP contribution is -2.56. The molecule has 0 atom stereocenters. The number of carbonyl (C=O) groups excluding carboxylic acids is 1. The maximum absolute atomic E-state index is 12.0. The molecule has 2 aliphatic rings. The van der Waals surface area contributed by atoms with E-state index in [2.05, 4.69) is 20.9 Å². The molecule has 0 unspecified atom stereocenters. The van der Waals surface area contributed by atoms with Gasteiger partial charge >= 0.3 is 0 Å². The second-order valence-electron chi connectivity index (χ2n) is 5.14. The van der Waals surface area contributed by atoms with Gasteiger partial charge in [0.05, 0.1) is 24.4 Å². The van der Waals surface area contributed by atoms with E-state index < -0.39 is 5.54 Å². The number of amides is 1. The minimum atomic E-state index is -0.432. The first-order valence-electron chi connectivity index (χ1n) is 6.28. The van der Waals surface area contributed by atoms with E-state index in [-0.39, 0.29) is 12.5 Å². The third kappa shape index (κ3) is 1.89. The Labute approximate surface area is 105 Å². The van der Waals surface area contributed by atoms with Crippen LogP contribution in [0.5, 0.6) is 0 Å². The van der Waals surface area contributed by atoms with Crippen LogP contribution in [0.3, 0.4) is 0 Å². The predicted molar refractivity (Wildman–Crippen MR) is 63.1 cm³/mol. The molecule has 7 heteroatoms. The van der Waals surface area contributed by atoms with Crippen LogP contribution in [0.4, 0.5) is 0 Å². The summed E-state index contributed by atoms with van der Waals surface area (Å²) in [7, 11) is 0. The number of hydrogen-bond acceptors (Lipinski definition) is 5. The fraction of sp³-hybridized carbons (Fsp3) is 0.727. The van der Waals surface area contributed by atoms with Gasteiger partial charge in [0.2, 0.25) is 0 Å². The molecule has 18 heavy (non-hydrogen) atoms. The van der Waals surface area contributed by atoms with Crippen LogP contribution in [-0.4, -0.2) is 51.2 Å². The molecule has 0 bridgehead atoms. The minimum Gasteiger partial charge on any atom is -0.394 e. The van der Waals surface area contributed by atoms with Gasteiger partial charge in [-0.1, -0.05) is 5.21 Å². The number of carbonyl (C=O) groups is 1. The molecule has 1 aliphatic heterocycles. The van der Waals surface area contributed by atoms with Crippen molar-refractivity contribution in [3.63, 3.8) is 0 Å². The smallest absolute Gasteiger partial charge is 0.273 e. The lowest BCUT2D eigenvalue weighted by Gasteiger charge is -2.40. The molecule has 3 N–H and O–H groups in total. The van der Waals surface area contributed by atoms with Gasteiger partial charge in [-0.2, -0.15) is 0 Å². The quantitative estimate of drug-likeness (QED) is 0.643. The first kappa shape index (κ1) is 11.6. The van der Waals surface area contributed by atoms with E-state index in [1.54, 1.807) is 10.9 Å². The summed E-state index contributed by atoms with van der Waals surface area (Å²) in [4.78, 5) is 12.0. The van der Waals surface area contributed by atoms with Crippen molar-refractivity contribution in [2.75, 3.05) is 19.7 Å². The Kier molecular flexibility index (Phi) is 2.79. The molecule has 0 aromatic carbocycles. The van der Waals surface area contributed by atoms with Gasteiger partial charge in [0.1, 0.15) is 0 Å².